The van der Waals surface area contributed by atoms with E-state index in [4.69, 9.17) is 11.6 Å². The van der Waals surface area contributed by atoms with Gasteiger partial charge in [0.15, 0.2) is 5.82 Å². The Kier molecular flexibility index (Phi) is 3.94. The molecule has 2 rings (SSSR count). The molecule has 1 saturated heterocycles. The van der Waals surface area contributed by atoms with Crippen LogP contribution >= 0.6 is 11.6 Å². The average Bonchev–Trinajstić information content (AvgIpc) is 2.39. The first-order valence-electron chi connectivity index (χ1n) is 6.36. The fraction of sp³-hybridized carbons (Fsp3) is 0.615. The van der Waals surface area contributed by atoms with Gasteiger partial charge in [-0.15, -0.1) is 0 Å². The van der Waals surface area contributed by atoms with Gasteiger partial charge in [0.2, 0.25) is 0 Å². The van der Waals surface area contributed by atoms with E-state index in [1.807, 2.05) is 0 Å². The van der Waals surface area contributed by atoms with E-state index in [2.05, 4.69) is 14.9 Å². The van der Waals surface area contributed by atoms with Crippen molar-refractivity contribution in [2.45, 2.75) is 26.7 Å². The molecular formula is C13H18ClN3O2. The van der Waals surface area contributed by atoms with Gasteiger partial charge in [0.1, 0.15) is 11.3 Å². The van der Waals surface area contributed by atoms with Crippen LogP contribution < -0.4 is 4.90 Å². The molecule has 1 N–H and O–H groups in total. The van der Waals surface area contributed by atoms with Crippen molar-refractivity contribution in [3.05, 3.63) is 17.5 Å². The van der Waals surface area contributed by atoms with Crippen molar-refractivity contribution in [2.75, 3.05) is 18.0 Å². The van der Waals surface area contributed by atoms with Gasteiger partial charge in [-0.3, -0.25) is 4.79 Å². The molecule has 1 aliphatic heterocycles. The molecule has 0 aliphatic carbocycles. The van der Waals surface area contributed by atoms with E-state index in [9.17, 15) is 9.90 Å². The lowest BCUT2D eigenvalue weighted by atomic mass is 9.74. The van der Waals surface area contributed by atoms with Gasteiger partial charge in [-0.1, -0.05) is 11.6 Å². The Morgan fingerprint density at radius 3 is 2.63 bits per heavy atom. The minimum atomic E-state index is -0.731. The third-order valence-corrected chi connectivity index (χ3v) is 4.28. The number of piperidine rings is 1. The molecule has 2 heterocycles. The molecular weight excluding hydrogens is 266 g/mol. The lowest BCUT2D eigenvalue weighted by Crippen LogP contribution is -2.42. The molecule has 0 saturated carbocycles. The van der Waals surface area contributed by atoms with E-state index in [0.717, 1.165) is 31.7 Å². The van der Waals surface area contributed by atoms with E-state index in [1.165, 1.54) is 6.33 Å². The minimum absolute atomic E-state index is 0.182. The fourth-order valence-electron chi connectivity index (χ4n) is 2.53. The molecule has 1 aliphatic rings. The maximum atomic E-state index is 11.3. The summed E-state index contributed by atoms with van der Waals surface area (Å²) < 4.78 is 0. The molecule has 0 aromatic carbocycles. The van der Waals surface area contributed by atoms with Crippen molar-refractivity contribution in [2.24, 2.45) is 11.3 Å². The fourth-order valence-corrected chi connectivity index (χ4v) is 2.75. The minimum Gasteiger partial charge on any atom is -0.481 e. The molecule has 0 amide bonds. The Bertz CT molecular complexity index is 471. The predicted molar refractivity (Wildman–Crippen MR) is 73.4 cm³/mol. The highest BCUT2D eigenvalue weighted by Crippen LogP contribution is 2.36. The van der Waals surface area contributed by atoms with Crippen LogP contribution in [0.5, 0.6) is 0 Å². The summed E-state index contributed by atoms with van der Waals surface area (Å²) in [6.07, 6.45) is 4.73. The summed E-state index contributed by atoms with van der Waals surface area (Å²) in [5.74, 6) is 0.191. The van der Waals surface area contributed by atoms with Gasteiger partial charge in [-0.05, 0) is 32.6 Å². The second-order valence-electron chi connectivity index (χ2n) is 5.48. The van der Waals surface area contributed by atoms with E-state index >= 15 is 0 Å². The summed E-state index contributed by atoms with van der Waals surface area (Å²) in [6.45, 7) is 5.15. The third-order valence-electron chi connectivity index (χ3n) is 4.01. The lowest BCUT2D eigenvalue weighted by Gasteiger charge is -2.38. The zero-order chi connectivity index (χ0) is 14.0. The van der Waals surface area contributed by atoms with E-state index < -0.39 is 11.4 Å². The van der Waals surface area contributed by atoms with Crippen molar-refractivity contribution < 1.29 is 9.90 Å². The molecule has 0 atom stereocenters. The number of hydrogen-bond acceptors (Lipinski definition) is 4. The molecule has 1 fully saturated rings. The van der Waals surface area contributed by atoms with Crippen LogP contribution in [0.2, 0.25) is 5.02 Å². The Morgan fingerprint density at radius 2 is 2.11 bits per heavy atom. The quantitative estimate of drug-likeness (QED) is 0.923. The summed E-state index contributed by atoms with van der Waals surface area (Å²) in [5.41, 5.74) is -0.679. The normalized spacial score (nSPS) is 17.5. The summed E-state index contributed by atoms with van der Waals surface area (Å²) in [4.78, 5) is 21.4. The number of hydrogen-bond donors (Lipinski definition) is 1. The summed E-state index contributed by atoms with van der Waals surface area (Å²) in [6, 6.07) is 0. The number of carboxylic acid groups (broad SMARTS) is 1. The summed E-state index contributed by atoms with van der Waals surface area (Å²) in [5, 5.41) is 9.81. The Balaban J connectivity index is 2.04. The molecule has 1 aromatic rings. The Labute approximate surface area is 117 Å². The first-order valence-corrected chi connectivity index (χ1v) is 6.74. The van der Waals surface area contributed by atoms with E-state index in [-0.39, 0.29) is 5.92 Å². The maximum Gasteiger partial charge on any atom is 0.309 e. The predicted octanol–water partition coefficient (Wildman–Crippen LogP) is 2.46. The first kappa shape index (κ1) is 14.1. The van der Waals surface area contributed by atoms with Crippen LogP contribution in [0.25, 0.3) is 0 Å². The summed E-state index contributed by atoms with van der Waals surface area (Å²) in [7, 11) is 0. The SMILES string of the molecule is CC(C)(C(=O)O)C1CCN(c2ncncc2Cl)CC1. The van der Waals surface area contributed by atoms with Crippen LogP contribution in [0.4, 0.5) is 5.82 Å². The van der Waals surface area contributed by atoms with E-state index in [0.29, 0.717) is 5.02 Å². The molecule has 104 valence electrons. The van der Waals surface area contributed by atoms with Crippen LogP contribution in [-0.2, 0) is 4.79 Å². The lowest BCUT2D eigenvalue weighted by molar-refractivity contribution is -0.150. The standard InChI is InChI=1S/C13H18ClN3O2/c1-13(2,12(18)19)9-3-5-17(6-4-9)11-10(14)7-15-8-16-11/h7-9H,3-6H2,1-2H3,(H,18,19). The van der Waals surface area contributed by atoms with Crippen LogP contribution in [0, 0.1) is 11.3 Å². The average molecular weight is 284 g/mol. The third kappa shape index (κ3) is 2.81. The Hall–Kier alpha value is -1.36. The molecule has 19 heavy (non-hydrogen) atoms. The van der Waals surface area contributed by atoms with Gasteiger partial charge in [0.05, 0.1) is 11.6 Å². The van der Waals surface area contributed by atoms with Crippen molar-refractivity contribution in [1.82, 2.24) is 9.97 Å². The van der Waals surface area contributed by atoms with E-state index in [1.54, 1.807) is 20.0 Å². The number of rotatable bonds is 3. The number of aliphatic carboxylic acids is 1. The van der Waals surface area contributed by atoms with Crippen molar-refractivity contribution in [3.8, 4) is 0 Å². The highest BCUT2D eigenvalue weighted by atomic mass is 35.5. The maximum absolute atomic E-state index is 11.3. The van der Waals surface area contributed by atoms with Gasteiger partial charge in [0.25, 0.3) is 0 Å². The molecule has 0 radical (unpaired) electrons. The summed E-state index contributed by atoms with van der Waals surface area (Å²) >= 11 is 6.07. The van der Waals surface area contributed by atoms with Crippen LogP contribution in [-0.4, -0.2) is 34.1 Å². The highest BCUT2D eigenvalue weighted by molar-refractivity contribution is 6.32. The number of halogens is 1. The van der Waals surface area contributed by atoms with Crippen molar-refractivity contribution in [1.29, 1.82) is 0 Å². The molecule has 5 nitrogen and oxygen atoms in total. The zero-order valence-corrected chi connectivity index (χ0v) is 11.9. The number of aromatic nitrogens is 2. The number of carboxylic acids is 1. The van der Waals surface area contributed by atoms with Gasteiger partial charge < -0.3 is 10.0 Å². The van der Waals surface area contributed by atoms with Gasteiger partial charge >= 0.3 is 5.97 Å². The van der Waals surface area contributed by atoms with Crippen molar-refractivity contribution in [3.63, 3.8) is 0 Å². The highest BCUT2D eigenvalue weighted by Gasteiger charge is 2.38. The molecule has 0 spiro atoms. The topological polar surface area (TPSA) is 66.3 Å². The van der Waals surface area contributed by atoms with Crippen LogP contribution in [0.1, 0.15) is 26.7 Å². The molecule has 0 unspecified atom stereocenters. The molecule has 0 bridgehead atoms. The Morgan fingerprint density at radius 1 is 1.47 bits per heavy atom. The zero-order valence-electron chi connectivity index (χ0n) is 11.1. The van der Waals surface area contributed by atoms with Gasteiger partial charge in [0, 0.05) is 13.1 Å². The first-order chi connectivity index (χ1) is 8.93. The van der Waals surface area contributed by atoms with Gasteiger partial charge in [-0.25, -0.2) is 9.97 Å². The van der Waals surface area contributed by atoms with Crippen molar-refractivity contribution >= 4 is 23.4 Å². The van der Waals surface area contributed by atoms with Crippen LogP contribution in [0.15, 0.2) is 12.5 Å². The van der Waals surface area contributed by atoms with Crippen LogP contribution in [0.3, 0.4) is 0 Å². The number of nitrogens with zero attached hydrogens (tertiary/aromatic N) is 3. The van der Waals surface area contributed by atoms with Gasteiger partial charge in [-0.2, -0.15) is 0 Å². The smallest absolute Gasteiger partial charge is 0.309 e. The molecule has 1 aromatic heterocycles. The number of carbonyl (C=O) groups is 1. The second-order valence-corrected chi connectivity index (χ2v) is 5.89. The number of anilines is 1. The second kappa shape index (κ2) is 5.33. The largest absolute Gasteiger partial charge is 0.481 e. The molecule has 6 heteroatoms. The monoisotopic (exact) mass is 283 g/mol.